The second kappa shape index (κ2) is 8.47. The molecular formula is C25H21N3O4. The van der Waals surface area contributed by atoms with E-state index in [4.69, 9.17) is 9.72 Å². The van der Waals surface area contributed by atoms with E-state index in [0.717, 1.165) is 16.7 Å². The Morgan fingerprint density at radius 1 is 1.03 bits per heavy atom. The van der Waals surface area contributed by atoms with Gasteiger partial charge in [0.1, 0.15) is 11.4 Å². The third-order valence-electron chi connectivity index (χ3n) is 5.28. The number of methoxy groups -OCH3 is 1. The van der Waals surface area contributed by atoms with Crippen molar-refractivity contribution in [2.75, 3.05) is 12.4 Å². The molecule has 160 valence electrons. The maximum absolute atomic E-state index is 13.3. The van der Waals surface area contributed by atoms with Gasteiger partial charge in [-0.2, -0.15) is 0 Å². The SMILES string of the molecule is COc1ccc(NC(=O)c2cc(-c3cc(C)ccc3C)nc3ccccc23)c([N+](=O)[O-])c1. The number of fused-ring (bicyclic) bond motifs is 1. The van der Waals surface area contributed by atoms with E-state index in [1.807, 2.05) is 56.3 Å². The predicted octanol–water partition coefficient (Wildman–Crippen LogP) is 5.69. The molecule has 4 rings (SSSR count). The van der Waals surface area contributed by atoms with Gasteiger partial charge < -0.3 is 10.1 Å². The van der Waals surface area contributed by atoms with Crippen molar-refractivity contribution >= 4 is 28.2 Å². The van der Waals surface area contributed by atoms with Crippen molar-refractivity contribution in [1.29, 1.82) is 0 Å². The smallest absolute Gasteiger partial charge is 0.296 e. The number of aromatic nitrogens is 1. The molecule has 0 saturated heterocycles. The van der Waals surface area contributed by atoms with Gasteiger partial charge in [0, 0.05) is 10.9 Å². The largest absolute Gasteiger partial charge is 0.496 e. The Kier molecular flexibility index (Phi) is 5.55. The molecule has 0 fully saturated rings. The van der Waals surface area contributed by atoms with Crippen LogP contribution in [-0.2, 0) is 0 Å². The first kappa shape index (κ1) is 21.0. The molecule has 1 N–H and O–H groups in total. The van der Waals surface area contributed by atoms with Crippen LogP contribution in [0, 0.1) is 24.0 Å². The quantitative estimate of drug-likeness (QED) is 0.326. The van der Waals surface area contributed by atoms with E-state index in [-0.39, 0.29) is 11.4 Å². The number of aryl methyl sites for hydroxylation is 2. The average Bonchev–Trinajstić information content (AvgIpc) is 2.80. The van der Waals surface area contributed by atoms with Crippen molar-refractivity contribution < 1.29 is 14.5 Å². The molecule has 4 aromatic rings. The fourth-order valence-electron chi connectivity index (χ4n) is 3.60. The molecule has 0 unspecified atom stereocenters. The highest BCUT2D eigenvalue weighted by Crippen LogP contribution is 2.31. The van der Waals surface area contributed by atoms with E-state index in [1.165, 1.54) is 19.2 Å². The van der Waals surface area contributed by atoms with Gasteiger partial charge in [0.05, 0.1) is 34.9 Å². The number of carbonyl (C=O) groups is 1. The van der Waals surface area contributed by atoms with Crippen LogP contribution in [0.25, 0.3) is 22.2 Å². The van der Waals surface area contributed by atoms with Gasteiger partial charge in [-0.05, 0) is 49.7 Å². The topological polar surface area (TPSA) is 94.4 Å². The zero-order valence-electron chi connectivity index (χ0n) is 17.9. The second-order valence-corrected chi connectivity index (χ2v) is 7.48. The van der Waals surface area contributed by atoms with Crippen molar-refractivity contribution in [2.45, 2.75) is 13.8 Å². The summed E-state index contributed by atoms with van der Waals surface area (Å²) in [7, 11) is 1.43. The number of benzene rings is 3. The van der Waals surface area contributed by atoms with E-state index in [0.29, 0.717) is 27.9 Å². The number of nitro groups is 1. The minimum atomic E-state index is -0.551. The van der Waals surface area contributed by atoms with Gasteiger partial charge in [-0.15, -0.1) is 0 Å². The van der Waals surface area contributed by atoms with Crippen LogP contribution in [0.15, 0.2) is 66.7 Å². The van der Waals surface area contributed by atoms with Gasteiger partial charge in [0.2, 0.25) is 0 Å². The number of para-hydroxylation sites is 1. The number of ether oxygens (including phenoxy) is 1. The number of hydrogen-bond donors (Lipinski definition) is 1. The van der Waals surface area contributed by atoms with E-state index >= 15 is 0 Å². The Morgan fingerprint density at radius 2 is 1.81 bits per heavy atom. The fraction of sp³-hybridized carbons (Fsp3) is 0.120. The summed E-state index contributed by atoms with van der Waals surface area (Å²) in [5, 5.41) is 14.9. The number of rotatable bonds is 5. The Bertz CT molecular complexity index is 1360. The van der Waals surface area contributed by atoms with Crippen LogP contribution in [0.2, 0.25) is 0 Å². The van der Waals surface area contributed by atoms with Gasteiger partial charge in [0.15, 0.2) is 0 Å². The van der Waals surface area contributed by atoms with Crippen LogP contribution in [-0.4, -0.2) is 22.9 Å². The van der Waals surface area contributed by atoms with Crippen LogP contribution >= 0.6 is 0 Å². The molecule has 7 heteroatoms. The van der Waals surface area contributed by atoms with Crippen LogP contribution < -0.4 is 10.1 Å². The molecule has 1 aromatic heterocycles. The molecule has 0 aliphatic carbocycles. The normalized spacial score (nSPS) is 10.7. The highest BCUT2D eigenvalue weighted by molar-refractivity contribution is 6.13. The minimum Gasteiger partial charge on any atom is -0.496 e. The third kappa shape index (κ3) is 4.00. The van der Waals surface area contributed by atoms with Crippen molar-refractivity contribution in [3.05, 3.63) is 93.5 Å². The molecule has 0 saturated carbocycles. The molecule has 1 amide bonds. The molecule has 3 aromatic carbocycles. The summed E-state index contributed by atoms with van der Waals surface area (Å²) in [5.74, 6) is -0.121. The lowest BCUT2D eigenvalue weighted by Gasteiger charge is -2.13. The lowest BCUT2D eigenvalue weighted by atomic mass is 9.99. The van der Waals surface area contributed by atoms with Crippen molar-refractivity contribution in [1.82, 2.24) is 4.98 Å². The number of anilines is 1. The monoisotopic (exact) mass is 427 g/mol. The van der Waals surface area contributed by atoms with Crippen LogP contribution in [0.4, 0.5) is 11.4 Å². The first-order chi connectivity index (χ1) is 15.4. The number of amides is 1. The number of nitrogens with zero attached hydrogens (tertiary/aromatic N) is 2. The number of nitrogens with one attached hydrogen (secondary N) is 1. The first-order valence-corrected chi connectivity index (χ1v) is 9.98. The van der Waals surface area contributed by atoms with E-state index in [2.05, 4.69) is 5.32 Å². The molecular weight excluding hydrogens is 406 g/mol. The number of pyridine rings is 1. The average molecular weight is 427 g/mol. The summed E-state index contributed by atoms with van der Waals surface area (Å²) in [5.41, 5.74) is 4.62. The lowest BCUT2D eigenvalue weighted by molar-refractivity contribution is -0.384. The first-order valence-electron chi connectivity index (χ1n) is 9.98. The van der Waals surface area contributed by atoms with Gasteiger partial charge >= 0.3 is 0 Å². The minimum absolute atomic E-state index is 0.0926. The predicted molar refractivity (Wildman–Crippen MR) is 124 cm³/mol. The molecule has 1 heterocycles. The fourth-order valence-corrected chi connectivity index (χ4v) is 3.60. The summed E-state index contributed by atoms with van der Waals surface area (Å²) in [6.07, 6.45) is 0. The van der Waals surface area contributed by atoms with Gasteiger partial charge in [-0.1, -0.05) is 35.9 Å². The van der Waals surface area contributed by atoms with Crippen molar-refractivity contribution in [2.24, 2.45) is 0 Å². The van der Waals surface area contributed by atoms with Gasteiger partial charge in [0.25, 0.3) is 11.6 Å². The Hall–Kier alpha value is -4.26. The van der Waals surface area contributed by atoms with Crippen LogP contribution in [0.3, 0.4) is 0 Å². The summed E-state index contributed by atoms with van der Waals surface area (Å²) in [6.45, 7) is 3.99. The van der Waals surface area contributed by atoms with E-state index in [1.54, 1.807) is 12.1 Å². The molecule has 0 atom stereocenters. The molecule has 0 radical (unpaired) electrons. The van der Waals surface area contributed by atoms with Gasteiger partial charge in [-0.3, -0.25) is 14.9 Å². The second-order valence-electron chi connectivity index (χ2n) is 7.48. The Labute approximate surface area is 184 Å². The summed E-state index contributed by atoms with van der Waals surface area (Å²) in [4.78, 5) is 29.0. The molecule has 0 aliphatic rings. The van der Waals surface area contributed by atoms with E-state index < -0.39 is 10.8 Å². The van der Waals surface area contributed by atoms with Crippen LogP contribution in [0.5, 0.6) is 5.75 Å². The standard InChI is InChI=1S/C25H21N3O4/c1-15-8-9-16(2)19(12-15)23-14-20(18-6-4-5-7-21(18)26-23)25(29)27-22-11-10-17(32-3)13-24(22)28(30)31/h4-14H,1-3H3,(H,27,29). The zero-order valence-corrected chi connectivity index (χ0v) is 17.9. The van der Waals surface area contributed by atoms with Crippen molar-refractivity contribution in [3.8, 4) is 17.0 Å². The zero-order chi connectivity index (χ0) is 22.8. The number of nitro benzene ring substituents is 1. The Morgan fingerprint density at radius 3 is 2.56 bits per heavy atom. The summed E-state index contributed by atoms with van der Waals surface area (Å²) >= 11 is 0. The number of carbonyl (C=O) groups excluding carboxylic acids is 1. The highest BCUT2D eigenvalue weighted by Gasteiger charge is 2.20. The van der Waals surface area contributed by atoms with Gasteiger partial charge in [-0.25, -0.2) is 4.98 Å². The molecule has 0 spiro atoms. The summed E-state index contributed by atoms with van der Waals surface area (Å²) in [6, 6.07) is 19.4. The number of hydrogen-bond acceptors (Lipinski definition) is 5. The molecule has 0 bridgehead atoms. The molecule has 32 heavy (non-hydrogen) atoms. The Balaban J connectivity index is 1.83. The highest BCUT2D eigenvalue weighted by atomic mass is 16.6. The van der Waals surface area contributed by atoms with Crippen LogP contribution in [0.1, 0.15) is 21.5 Å². The molecule has 7 nitrogen and oxygen atoms in total. The lowest BCUT2D eigenvalue weighted by Crippen LogP contribution is -2.14. The van der Waals surface area contributed by atoms with Crippen molar-refractivity contribution in [3.63, 3.8) is 0 Å². The molecule has 0 aliphatic heterocycles. The van der Waals surface area contributed by atoms with E-state index in [9.17, 15) is 14.9 Å². The maximum atomic E-state index is 13.3. The summed E-state index contributed by atoms with van der Waals surface area (Å²) < 4.78 is 5.07. The third-order valence-corrected chi connectivity index (χ3v) is 5.28. The maximum Gasteiger partial charge on any atom is 0.296 e.